The van der Waals surface area contributed by atoms with Gasteiger partial charge in [0.1, 0.15) is 23.0 Å². The van der Waals surface area contributed by atoms with Crippen molar-refractivity contribution >= 4 is 51.6 Å². The summed E-state index contributed by atoms with van der Waals surface area (Å²) >= 11 is 1.71. The quantitative estimate of drug-likeness (QED) is 0.170. The van der Waals surface area contributed by atoms with E-state index in [-0.39, 0.29) is 21.7 Å². The summed E-state index contributed by atoms with van der Waals surface area (Å²) in [4.78, 5) is 2.22. The van der Waals surface area contributed by atoms with Gasteiger partial charge in [-0.1, -0.05) is 180 Å². The zero-order chi connectivity index (χ0) is 42.3. The van der Waals surface area contributed by atoms with E-state index in [1.807, 2.05) is 18.8 Å². The minimum atomic E-state index is -0.00859. The van der Waals surface area contributed by atoms with E-state index in [1.54, 1.807) is 24.9 Å². The molecule has 0 saturated heterocycles. The molecule has 0 fully saturated rings. The lowest BCUT2D eigenvalue weighted by molar-refractivity contribution is 0.396. The second kappa shape index (κ2) is 18.9. The second-order valence-corrected chi connectivity index (χ2v) is 20.3. The fourth-order valence-corrected chi connectivity index (χ4v) is 8.37. The van der Waals surface area contributed by atoms with Crippen molar-refractivity contribution in [3.05, 3.63) is 131 Å². The molecule has 0 aliphatic heterocycles. The number of ether oxygens (including phenoxy) is 1. The molecule has 304 valence electrons. The molecule has 0 saturated carbocycles. The lowest BCUT2D eigenvalue weighted by Gasteiger charge is -2.26. The summed E-state index contributed by atoms with van der Waals surface area (Å²) in [5.74, 6) is 3.14. The summed E-state index contributed by atoms with van der Waals surface area (Å²) in [5, 5.41) is 14.6. The van der Waals surface area contributed by atoms with Crippen LogP contribution in [0.2, 0.25) is 0 Å². The molecule has 2 atom stereocenters. The predicted molar refractivity (Wildman–Crippen MR) is 253 cm³/mol. The van der Waals surface area contributed by atoms with E-state index in [4.69, 9.17) is 13.8 Å². The first-order chi connectivity index (χ1) is 26.6. The largest absolute Gasteiger partial charge is 0.508 e. The van der Waals surface area contributed by atoms with Crippen LogP contribution in [0, 0.1) is 0 Å². The molecule has 4 nitrogen and oxygen atoms in total. The number of benzene rings is 6. The number of phenols is 1. The van der Waals surface area contributed by atoms with E-state index >= 15 is 0 Å². The zero-order valence-corrected chi connectivity index (χ0v) is 39.5. The number of fused-ring (bicyclic) bond motifs is 2. The minimum absolute atomic E-state index is 0.00859. The van der Waals surface area contributed by atoms with Crippen LogP contribution in [0.25, 0.3) is 21.5 Å². The first-order valence-corrected chi connectivity index (χ1v) is 22.2. The molecule has 0 aromatic heterocycles. The third-order valence-electron chi connectivity index (χ3n) is 9.77. The van der Waals surface area contributed by atoms with Crippen molar-refractivity contribution in [1.82, 2.24) is 0 Å². The Kier molecular flexibility index (Phi) is 15.2. The maximum Gasteiger partial charge on any atom is 0.137 e. The van der Waals surface area contributed by atoms with Gasteiger partial charge in [0.15, 0.2) is 0 Å². The molecule has 7 heteroatoms. The van der Waals surface area contributed by atoms with Crippen molar-refractivity contribution in [3.8, 4) is 23.0 Å². The van der Waals surface area contributed by atoms with Crippen molar-refractivity contribution in [1.29, 1.82) is 0 Å². The van der Waals surface area contributed by atoms with Gasteiger partial charge in [-0.15, -0.1) is 0 Å². The number of aromatic hydroxyl groups is 1. The average Bonchev–Trinajstić information content (AvgIpc) is 3.14. The van der Waals surface area contributed by atoms with Crippen molar-refractivity contribution in [3.63, 3.8) is 0 Å². The van der Waals surface area contributed by atoms with Crippen LogP contribution < -0.4 is 13.8 Å². The molecule has 6 rings (SSSR count). The van der Waals surface area contributed by atoms with E-state index in [0.29, 0.717) is 14.6 Å². The summed E-state index contributed by atoms with van der Waals surface area (Å²) in [6, 6.07) is 37.5. The highest BCUT2D eigenvalue weighted by Crippen LogP contribution is 2.47. The third kappa shape index (κ3) is 11.9. The molecule has 0 radical (unpaired) electrons. The van der Waals surface area contributed by atoms with Crippen molar-refractivity contribution in [2.75, 3.05) is 13.8 Å². The first-order valence-electron chi connectivity index (χ1n) is 19.5. The van der Waals surface area contributed by atoms with Crippen LogP contribution in [0.1, 0.15) is 105 Å². The Labute approximate surface area is 351 Å². The number of phenolic OH excluding ortho intramolecular Hbond substituents is 1. The van der Waals surface area contributed by atoms with Crippen molar-refractivity contribution in [2.24, 2.45) is 0 Å². The van der Waals surface area contributed by atoms with Gasteiger partial charge in [0.2, 0.25) is 0 Å². The number of rotatable bonds is 6. The Bertz CT molecular complexity index is 2270. The molecule has 2 unspecified atom stereocenters. The topological polar surface area (TPSA) is 47.9 Å². The Morgan fingerprint density at radius 2 is 0.965 bits per heavy atom. The predicted octanol–water partition coefficient (Wildman–Crippen LogP) is 15.2. The summed E-state index contributed by atoms with van der Waals surface area (Å²) in [7, 11) is 4.49. The molecule has 0 heterocycles. The van der Waals surface area contributed by atoms with Gasteiger partial charge in [-0.2, -0.15) is 0 Å². The van der Waals surface area contributed by atoms with Crippen LogP contribution >= 0.6 is 30.0 Å². The minimum Gasteiger partial charge on any atom is -0.508 e. The highest BCUT2D eigenvalue weighted by molar-refractivity contribution is 8.00. The van der Waals surface area contributed by atoms with Crippen LogP contribution in [0.15, 0.2) is 119 Å². The van der Waals surface area contributed by atoms with Crippen LogP contribution in [0.3, 0.4) is 0 Å². The smallest absolute Gasteiger partial charge is 0.137 e. The SMILES string of the molecule is CC(C)(C)c1ccc(O)c(C(C)(C)C)c1.COc1ccc(C(C)(C)C)cc1C(C)(C)C.CPOc1ccc2ccccc2c1Sc1c(OP)ccc2ccccc12. The van der Waals surface area contributed by atoms with E-state index in [1.165, 1.54) is 38.2 Å². The molecule has 0 amide bonds. The number of hydrogen-bond donors (Lipinski definition) is 1. The summed E-state index contributed by atoms with van der Waals surface area (Å²) in [5.41, 5.74) is 5.36. The maximum absolute atomic E-state index is 9.84. The highest BCUT2D eigenvalue weighted by Gasteiger charge is 2.24. The summed E-state index contributed by atoms with van der Waals surface area (Å²) in [6.07, 6.45) is 0. The van der Waals surface area contributed by atoms with Gasteiger partial charge in [0.25, 0.3) is 0 Å². The molecule has 57 heavy (non-hydrogen) atoms. The molecule has 0 bridgehead atoms. The second-order valence-electron chi connectivity index (χ2n) is 18.4. The van der Waals surface area contributed by atoms with Gasteiger partial charge in [0, 0.05) is 0 Å². The number of methoxy groups -OCH3 is 1. The third-order valence-corrected chi connectivity index (χ3v) is 11.7. The summed E-state index contributed by atoms with van der Waals surface area (Å²) in [6.45, 7) is 28.3. The monoisotopic (exact) mass is 822 g/mol. The zero-order valence-electron chi connectivity index (χ0n) is 36.5. The first kappa shape index (κ1) is 45.9. The molecular weight excluding hydrogens is 759 g/mol. The highest BCUT2D eigenvalue weighted by atomic mass is 32.2. The fraction of sp³-hybridized carbons (Fsp3) is 0.360. The van der Waals surface area contributed by atoms with Crippen LogP contribution in [0.4, 0.5) is 0 Å². The van der Waals surface area contributed by atoms with Crippen LogP contribution in [0.5, 0.6) is 23.0 Å². The van der Waals surface area contributed by atoms with E-state index < -0.39 is 0 Å². The Morgan fingerprint density at radius 1 is 0.526 bits per heavy atom. The van der Waals surface area contributed by atoms with Crippen LogP contribution in [-0.2, 0) is 21.7 Å². The van der Waals surface area contributed by atoms with Gasteiger partial charge in [-0.3, -0.25) is 0 Å². The normalized spacial score (nSPS) is 12.2. The molecule has 0 aliphatic carbocycles. The van der Waals surface area contributed by atoms with E-state index in [2.05, 4.69) is 184 Å². The van der Waals surface area contributed by atoms with E-state index in [0.717, 1.165) is 32.6 Å². The fourth-order valence-electron chi connectivity index (χ4n) is 6.41. The Balaban J connectivity index is 0.000000202. The van der Waals surface area contributed by atoms with E-state index in [9.17, 15) is 5.11 Å². The molecule has 6 aromatic carbocycles. The van der Waals surface area contributed by atoms with Crippen molar-refractivity contribution < 1.29 is 18.9 Å². The molecule has 0 aliphatic rings. The average molecular weight is 823 g/mol. The van der Waals surface area contributed by atoms with Gasteiger partial charge in [-0.25, -0.2) is 0 Å². The van der Waals surface area contributed by atoms with Gasteiger partial charge in [-0.05, 0) is 96.4 Å². The molecule has 6 aromatic rings. The lowest BCUT2D eigenvalue weighted by Crippen LogP contribution is -2.17. The van der Waals surface area contributed by atoms with Gasteiger partial charge < -0.3 is 18.9 Å². The van der Waals surface area contributed by atoms with Gasteiger partial charge in [0.05, 0.1) is 35.2 Å². The number of hydrogen-bond acceptors (Lipinski definition) is 5. The molecule has 0 spiro atoms. The standard InChI is InChI=1S/C21H18O2P2S.C15H24O.C14H22O/c1-25-23-19-13-11-15-7-3-5-9-17(15)21(19)26-20-16-8-4-2-6-14(16)10-12-18(20)22-24;1-14(2,3)11-8-9-13(16-7)12(10-11)15(4,5)6;1-13(2,3)10-7-8-12(15)11(9-10)14(4,5)6/h2-13,25H,24H2,1H3;8-10H,1-7H3;7-9,15H,1-6H3. The lowest BCUT2D eigenvalue weighted by atomic mass is 9.80. The molecular formula is C50H64O4P2S. The maximum atomic E-state index is 9.84. The van der Waals surface area contributed by atoms with Gasteiger partial charge >= 0.3 is 0 Å². The Hall–Kier alpha value is -3.75. The van der Waals surface area contributed by atoms with Crippen molar-refractivity contribution in [2.45, 2.75) is 115 Å². The Morgan fingerprint density at radius 3 is 1.42 bits per heavy atom. The van der Waals surface area contributed by atoms with Crippen LogP contribution in [-0.4, -0.2) is 18.9 Å². The summed E-state index contributed by atoms with van der Waals surface area (Å²) < 4.78 is 17.0. The molecule has 1 N–H and O–H groups in total.